The summed E-state index contributed by atoms with van der Waals surface area (Å²) < 4.78 is 5.51. The number of nitrogens with zero attached hydrogens (tertiary/aromatic N) is 2. The maximum atomic E-state index is 11.5. The first-order valence-corrected chi connectivity index (χ1v) is 5.81. The number of methoxy groups -OCH3 is 1. The Labute approximate surface area is 112 Å². The first kappa shape index (κ1) is 15.0. The second-order valence-electron chi connectivity index (χ2n) is 5.17. The number of rotatable bonds is 5. The molecule has 0 aromatic heterocycles. The number of hydrazone groups is 1. The number of carbonyl (C=O) groups is 1. The van der Waals surface area contributed by atoms with Crippen LogP contribution in [0.4, 0.5) is 0 Å². The summed E-state index contributed by atoms with van der Waals surface area (Å²) in [5.41, 5.74) is 3.17. The highest BCUT2D eigenvalue weighted by Crippen LogP contribution is 2.25. The summed E-state index contributed by atoms with van der Waals surface area (Å²) in [6.07, 6.45) is 1.50. The standard InChI is InChI=1S/C13H19N3O3/c1-16(2,3)9-13(18)15-14-8-10-5-6-11(17)12(7-10)19-4/h5-8H,9H2,1-4H3,(H-,14,15,17,18)/p+1. The number of hydrogen-bond acceptors (Lipinski definition) is 4. The van der Waals surface area contributed by atoms with Crippen LogP contribution in [0.1, 0.15) is 5.56 Å². The summed E-state index contributed by atoms with van der Waals surface area (Å²) in [4.78, 5) is 11.5. The van der Waals surface area contributed by atoms with Crippen molar-refractivity contribution in [1.82, 2.24) is 5.43 Å². The van der Waals surface area contributed by atoms with Crippen LogP contribution in [0.5, 0.6) is 11.5 Å². The Morgan fingerprint density at radius 2 is 2.16 bits per heavy atom. The highest BCUT2D eigenvalue weighted by Gasteiger charge is 2.13. The van der Waals surface area contributed by atoms with Crippen LogP contribution in [0.3, 0.4) is 0 Å². The van der Waals surface area contributed by atoms with Gasteiger partial charge in [-0.15, -0.1) is 0 Å². The topological polar surface area (TPSA) is 70.9 Å². The number of hydrogen-bond donors (Lipinski definition) is 2. The molecule has 19 heavy (non-hydrogen) atoms. The fourth-order valence-corrected chi connectivity index (χ4v) is 1.42. The van der Waals surface area contributed by atoms with Gasteiger partial charge in [-0.25, -0.2) is 5.43 Å². The number of likely N-dealkylation sites (N-methyl/N-ethyl adjacent to an activating group) is 1. The van der Waals surface area contributed by atoms with Gasteiger partial charge in [0.15, 0.2) is 18.0 Å². The van der Waals surface area contributed by atoms with Crippen LogP contribution >= 0.6 is 0 Å². The van der Waals surface area contributed by atoms with Crippen LogP contribution in [-0.4, -0.2) is 56.5 Å². The third kappa shape index (κ3) is 5.39. The lowest BCUT2D eigenvalue weighted by atomic mass is 10.2. The number of benzene rings is 1. The third-order valence-corrected chi connectivity index (χ3v) is 2.22. The van der Waals surface area contributed by atoms with Crippen molar-refractivity contribution in [3.8, 4) is 11.5 Å². The lowest BCUT2D eigenvalue weighted by Crippen LogP contribution is -2.43. The van der Waals surface area contributed by atoms with E-state index in [2.05, 4.69) is 10.5 Å². The Morgan fingerprint density at radius 1 is 1.47 bits per heavy atom. The van der Waals surface area contributed by atoms with Crippen molar-refractivity contribution in [3.63, 3.8) is 0 Å². The molecule has 6 heteroatoms. The fraction of sp³-hybridized carbons (Fsp3) is 0.385. The van der Waals surface area contributed by atoms with Gasteiger partial charge in [-0.05, 0) is 23.8 Å². The van der Waals surface area contributed by atoms with Gasteiger partial charge in [0.25, 0.3) is 5.91 Å². The predicted molar refractivity (Wildman–Crippen MR) is 73.3 cm³/mol. The maximum Gasteiger partial charge on any atom is 0.295 e. The van der Waals surface area contributed by atoms with E-state index in [1.807, 2.05) is 21.1 Å². The molecule has 0 aliphatic carbocycles. The predicted octanol–water partition coefficient (Wildman–Crippen LogP) is 0.557. The normalized spacial score (nSPS) is 11.6. The molecule has 1 rings (SSSR count). The van der Waals surface area contributed by atoms with Gasteiger partial charge in [-0.1, -0.05) is 0 Å². The molecule has 1 amide bonds. The molecule has 0 aliphatic heterocycles. The second kappa shape index (κ2) is 6.19. The summed E-state index contributed by atoms with van der Waals surface area (Å²) in [5.74, 6) is 0.268. The van der Waals surface area contributed by atoms with Crippen LogP contribution in [-0.2, 0) is 4.79 Å². The summed E-state index contributed by atoms with van der Waals surface area (Å²) >= 11 is 0. The second-order valence-corrected chi connectivity index (χ2v) is 5.17. The zero-order chi connectivity index (χ0) is 14.5. The average molecular weight is 266 g/mol. The summed E-state index contributed by atoms with van der Waals surface area (Å²) in [5, 5.41) is 13.3. The van der Waals surface area contributed by atoms with Gasteiger partial charge in [-0.2, -0.15) is 5.10 Å². The molecule has 104 valence electrons. The van der Waals surface area contributed by atoms with Gasteiger partial charge in [0.05, 0.1) is 34.5 Å². The molecular weight excluding hydrogens is 246 g/mol. The van der Waals surface area contributed by atoms with Crippen molar-refractivity contribution in [3.05, 3.63) is 23.8 Å². The molecule has 0 saturated heterocycles. The minimum absolute atomic E-state index is 0.0636. The number of phenols is 1. The van der Waals surface area contributed by atoms with Crippen molar-refractivity contribution >= 4 is 12.1 Å². The number of quaternary nitrogens is 1. The summed E-state index contributed by atoms with van der Waals surface area (Å²) in [6, 6.07) is 4.81. The number of phenolic OH excluding ortho intramolecular Hbond substituents is 1. The molecular formula is C13H20N3O3+. The molecule has 6 nitrogen and oxygen atoms in total. The van der Waals surface area contributed by atoms with Crippen molar-refractivity contribution in [2.45, 2.75) is 0 Å². The highest BCUT2D eigenvalue weighted by atomic mass is 16.5. The van der Waals surface area contributed by atoms with Gasteiger partial charge in [0, 0.05) is 0 Å². The van der Waals surface area contributed by atoms with E-state index in [0.717, 1.165) is 5.56 Å². The molecule has 2 N–H and O–H groups in total. The van der Waals surface area contributed by atoms with Crippen molar-refractivity contribution in [1.29, 1.82) is 0 Å². The van der Waals surface area contributed by atoms with Crippen LogP contribution in [0.15, 0.2) is 23.3 Å². The van der Waals surface area contributed by atoms with Crippen LogP contribution in [0.2, 0.25) is 0 Å². The highest BCUT2D eigenvalue weighted by molar-refractivity contribution is 5.83. The van der Waals surface area contributed by atoms with Crippen LogP contribution < -0.4 is 10.2 Å². The minimum atomic E-state index is -0.158. The summed E-state index contributed by atoms with van der Waals surface area (Å²) in [6.45, 7) is 0.343. The molecule has 0 saturated carbocycles. The Kier molecular flexibility index (Phi) is 4.88. The van der Waals surface area contributed by atoms with Crippen LogP contribution in [0, 0.1) is 0 Å². The largest absolute Gasteiger partial charge is 0.504 e. The molecule has 0 atom stereocenters. The molecule has 0 radical (unpaired) electrons. The molecule has 0 heterocycles. The Morgan fingerprint density at radius 3 is 2.74 bits per heavy atom. The average Bonchev–Trinajstić information content (AvgIpc) is 2.29. The first-order chi connectivity index (χ1) is 8.81. The quantitative estimate of drug-likeness (QED) is 0.464. The van der Waals surface area contributed by atoms with Gasteiger partial charge in [0.2, 0.25) is 0 Å². The zero-order valence-electron chi connectivity index (χ0n) is 11.7. The monoisotopic (exact) mass is 266 g/mol. The lowest BCUT2D eigenvalue weighted by Gasteiger charge is -2.21. The number of carbonyl (C=O) groups excluding carboxylic acids is 1. The molecule has 0 fully saturated rings. The van der Waals surface area contributed by atoms with Crippen molar-refractivity contribution < 1.29 is 19.1 Å². The molecule has 0 aliphatic rings. The molecule has 0 bridgehead atoms. The Hall–Kier alpha value is -2.08. The van der Waals surface area contributed by atoms with Crippen molar-refractivity contribution in [2.75, 3.05) is 34.8 Å². The SMILES string of the molecule is COc1cc(/C=N/NC(=O)C[N+](C)(C)C)ccc1O. The Balaban J connectivity index is 2.60. The maximum absolute atomic E-state index is 11.5. The number of nitrogens with one attached hydrogen (secondary N) is 1. The fourth-order valence-electron chi connectivity index (χ4n) is 1.42. The van der Waals surface area contributed by atoms with E-state index < -0.39 is 0 Å². The Bertz CT molecular complexity index is 479. The zero-order valence-corrected chi connectivity index (χ0v) is 11.7. The van der Waals surface area contributed by atoms with E-state index in [1.165, 1.54) is 19.4 Å². The van der Waals surface area contributed by atoms with E-state index >= 15 is 0 Å². The summed E-state index contributed by atoms with van der Waals surface area (Å²) in [7, 11) is 7.25. The number of ether oxygens (including phenoxy) is 1. The third-order valence-electron chi connectivity index (χ3n) is 2.22. The lowest BCUT2D eigenvalue weighted by molar-refractivity contribution is -0.862. The van der Waals surface area contributed by atoms with Gasteiger partial charge < -0.3 is 14.3 Å². The molecule has 0 spiro atoms. The van der Waals surface area contributed by atoms with Gasteiger partial charge >= 0.3 is 0 Å². The van der Waals surface area contributed by atoms with E-state index in [0.29, 0.717) is 16.8 Å². The number of amides is 1. The minimum Gasteiger partial charge on any atom is -0.504 e. The first-order valence-electron chi connectivity index (χ1n) is 5.81. The smallest absolute Gasteiger partial charge is 0.295 e. The van der Waals surface area contributed by atoms with E-state index in [1.54, 1.807) is 12.1 Å². The van der Waals surface area contributed by atoms with E-state index in [9.17, 15) is 9.90 Å². The van der Waals surface area contributed by atoms with E-state index in [-0.39, 0.29) is 11.7 Å². The van der Waals surface area contributed by atoms with Crippen LogP contribution in [0.25, 0.3) is 0 Å². The van der Waals surface area contributed by atoms with Gasteiger partial charge in [-0.3, -0.25) is 4.79 Å². The molecule has 1 aromatic rings. The van der Waals surface area contributed by atoms with Gasteiger partial charge in [0.1, 0.15) is 0 Å². The van der Waals surface area contributed by atoms with Crippen molar-refractivity contribution in [2.24, 2.45) is 5.10 Å². The molecule has 1 aromatic carbocycles. The van der Waals surface area contributed by atoms with E-state index in [4.69, 9.17) is 4.74 Å². The molecule has 0 unspecified atom stereocenters. The number of aromatic hydroxyl groups is 1.